The van der Waals surface area contributed by atoms with E-state index in [4.69, 9.17) is 23.2 Å². The fourth-order valence-electron chi connectivity index (χ4n) is 4.71. The van der Waals surface area contributed by atoms with Gasteiger partial charge < -0.3 is 20.2 Å². The molecule has 1 aromatic heterocycles. The number of benzene rings is 2. The number of carbonyl (C=O) groups is 3. The smallest absolute Gasteiger partial charge is 0.262 e. The number of carbonyl (C=O) groups excluding carboxylic acids is 3. The van der Waals surface area contributed by atoms with Crippen molar-refractivity contribution in [2.24, 2.45) is 5.92 Å². The molecule has 0 unspecified atom stereocenters. The number of aliphatic hydroxyl groups excluding tert-OH is 1. The zero-order valence-electron chi connectivity index (χ0n) is 23.0. The molecule has 1 aliphatic heterocycles. The first-order valence-corrected chi connectivity index (χ1v) is 16.4. The SMILES string of the molecule is CC(C)C[C@H](NC(=O)c1cc2ccccc2s1)C(=O)N1CCN(C(=O)[C@@H](CO)NS(=O)(=O)c2ccc(Cl)cc2Cl)CC1. The molecule has 1 saturated heterocycles. The van der Waals surface area contributed by atoms with Crippen molar-refractivity contribution in [3.63, 3.8) is 0 Å². The molecule has 3 aromatic rings. The topological polar surface area (TPSA) is 136 Å². The van der Waals surface area contributed by atoms with Gasteiger partial charge in [-0.05, 0) is 48.1 Å². The number of hydrogen-bond donors (Lipinski definition) is 3. The summed E-state index contributed by atoms with van der Waals surface area (Å²) in [5.74, 6) is -1.06. The molecule has 1 aliphatic rings. The molecule has 0 bridgehead atoms. The number of rotatable bonds is 10. The summed E-state index contributed by atoms with van der Waals surface area (Å²) in [5.41, 5.74) is 0. The van der Waals surface area contributed by atoms with Crippen LogP contribution in [0.2, 0.25) is 10.0 Å². The minimum atomic E-state index is -4.24. The summed E-state index contributed by atoms with van der Waals surface area (Å²) < 4.78 is 28.9. The molecular weight excluding hydrogens is 623 g/mol. The highest BCUT2D eigenvalue weighted by atomic mass is 35.5. The van der Waals surface area contributed by atoms with Gasteiger partial charge in [0.05, 0.1) is 16.5 Å². The Balaban J connectivity index is 1.38. The third kappa shape index (κ3) is 7.61. The maximum Gasteiger partial charge on any atom is 0.262 e. The van der Waals surface area contributed by atoms with Crippen LogP contribution >= 0.6 is 34.5 Å². The van der Waals surface area contributed by atoms with Crippen molar-refractivity contribution < 1.29 is 27.9 Å². The molecule has 0 spiro atoms. The third-order valence-electron chi connectivity index (χ3n) is 6.82. The molecule has 2 aromatic carbocycles. The van der Waals surface area contributed by atoms with Crippen LogP contribution in [-0.2, 0) is 19.6 Å². The first kappa shape index (κ1) is 32.2. The lowest BCUT2D eigenvalue weighted by Gasteiger charge is -2.38. The monoisotopic (exact) mass is 654 g/mol. The Hall–Kier alpha value is -2.74. The maximum absolute atomic E-state index is 13.5. The van der Waals surface area contributed by atoms with Gasteiger partial charge in [0, 0.05) is 35.9 Å². The normalized spacial score (nSPS) is 15.6. The summed E-state index contributed by atoms with van der Waals surface area (Å²) >= 11 is 13.2. The van der Waals surface area contributed by atoms with Gasteiger partial charge in [-0.1, -0.05) is 55.2 Å². The van der Waals surface area contributed by atoms with E-state index in [1.54, 1.807) is 4.90 Å². The van der Waals surface area contributed by atoms with Crippen molar-refractivity contribution >= 4 is 72.4 Å². The Morgan fingerprint density at radius 2 is 1.57 bits per heavy atom. The van der Waals surface area contributed by atoms with Crippen LogP contribution in [0.4, 0.5) is 0 Å². The molecule has 226 valence electrons. The average Bonchev–Trinajstić information content (AvgIpc) is 3.39. The molecule has 3 amide bonds. The highest BCUT2D eigenvalue weighted by Crippen LogP contribution is 2.26. The molecule has 2 atom stereocenters. The summed E-state index contributed by atoms with van der Waals surface area (Å²) in [5, 5.41) is 13.8. The van der Waals surface area contributed by atoms with E-state index in [-0.39, 0.29) is 58.9 Å². The predicted molar refractivity (Wildman–Crippen MR) is 163 cm³/mol. The molecule has 0 radical (unpaired) electrons. The first-order chi connectivity index (χ1) is 19.9. The van der Waals surface area contributed by atoms with Crippen LogP contribution in [0.3, 0.4) is 0 Å². The van der Waals surface area contributed by atoms with Crippen LogP contribution in [0.5, 0.6) is 0 Å². The lowest BCUT2D eigenvalue weighted by Crippen LogP contribution is -2.59. The van der Waals surface area contributed by atoms with E-state index in [1.807, 2.05) is 44.2 Å². The third-order valence-corrected chi connectivity index (χ3v) is 10.1. The van der Waals surface area contributed by atoms with Gasteiger partial charge in [0.1, 0.15) is 17.0 Å². The van der Waals surface area contributed by atoms with Gasteiger partial charge in [0.15, 0.2) is 0 Å². The zero-order chi connectivity index (χ0) is 30.6. The molecule has 10 nitrogen and oxygen atoms in total. The number of aliphatic hydroxyl groups is 1. The zero-order valence-corrected chi connectivity index (χ0v) is 26.2. The van der Waals surface area contributed by atoms with Gasteiger partial charge in [-0.3, -0.25) is 14.4 Å². The molecule has 14 heteroatoms. The van der Waals surface area contributed by atoms with E-state index >= 15 is 0 Å². The standard InChI is InChI=1S/C28H32Cl2N4O6S2/c1-17(2)13-21(31-26(36)24-14-18-5-3-4-6-23(18)41-24)27(37)33-9-11-34(12-10-33)28(38)22(16-35)32-42(39,40)25-8-7-19(29)15-20(25)30/h3-8,14-15,17,21-22,32,35H,9-13,16H2,1-2H3,(H,31,36)/t21-,22+/m0/s1. The quantitative estimate of drug-likeness (QED) is 0.307. The van der Waals surface area contributed by atoms with E-state index in [2.05, 4.69) is 10.0 Å². The van der Waals surface area contributed by atoms with Gasteiger partial charge in [0.25, 0.3) is 5.91 Å². The molecule has 3 N–H and O–H groups in total. The second-order valence-electron chi connectivity index (χ2n) is 10.4. The molecule has 0 saturated carbocycles. The van der Waals surface area contributed by atoms with E-state index in [0.717, 1.165) is 10.1 Å². The lowest BCUT2D eigenvalue weighted by atomic mass is 10.0. The minimum Gasteiger partial charge on any atom is -0.394 e. The minimum absolute atomic E-state index is 0.123. The Morgan fingerprint density at radius 3 is 2.14 bits per heavy atom. The van der Waals surface area contributed by atoms with E-state index in [1.165, 1.54) is 34.4 Å². The number of fused-ring (bicyclic) bond motifs is 1. The molecule has 4 rings (SSSR count). The number of amides is 3. The van der Waals surface area contributed by atoms with Crippen molar-refractivity contribution in [1.82, 2.24) is 19.8 Å². The number of thiophene rings is 1. The maximum atomic E-state index is 13.5. The number of hydrogen-bond acceptors (Lipinski definition) is 7. The largest absolute Gasteiger partial charge is 0.394 e. The number of piperazine rings is 1. The Kier molecular flexibility index (Phi) is 10.5. The Morgan fingerprint density at radius 1 is 0.952 bits per heavy atom. The van der Waals surface area contributed by atoms with Gasteiger partial charge in [0.2, 0.25) is 21.8 Å². The van der Waals surface area contributed by atoms with Crippen LogP contribution in [0.25, 0.3) is 10.1 Å². The second-order valence-corrected chi connectivity index (χ2v) is 14.0. The molecule has 42 heavy (non-hydrogen) atoms. The van der Waals surface area contributed by atoms with E-state index < -0.39 is 34.6 Å². The van der Waals surface area contributed by atoms with E-state index in [9.17, 15) is 27.9 Å². The van der Waals surface area contributed by atoms with Gasteiger partial charge in [-0.25, -0.2) is 8.42 Å². The summed E-state index contributed by atoms with van der Waals surface area (Å²) in [6, 6.07) is 11.1. The van der Waals surface area contributed by atoms with Gasteiger partial charge >= 0.3 is 0 Å². The number of nitrogens with one attached hydrogen (secondary N) is 2. The van der Waals surface area contributed by atoms with Crippen LogP contribution in [-0.4, -0.2) is 85.9 Å². The van der Waals surface area contributed by atoms with Crippen molar-refractivity contribution in [2.75, 3.05) is 32.8 Å². The summed E-state index contributed by atoms with van der Waals surface area (Å²) in [6.45, 7) is 3.79. The second kappa shape index (κ2) is 13.7. The fourth-order valence-corrected chi connectivity index (χ4v) is 7.63. The summed E-state index contributed by atoms with van der Waals surface area (Å²) in [7, 11) is -4.24. The van der Waals surface area contributed by atoms with Crippen LogP contribution in [0.1, 0.15) is 29.9 Å². The van der Waals surface area contributed by atoms with E-state index in [0.29, 0.717) is 11.3 Å². The molecule has 0 aliphatic carbocycles. The van der Waals surface area contributed by atoms with Crippen LogP contribution in [0, 0.1) is 5.92 Å². The molecule has 2 heterocycles. The van der Waals surface area contributed by atoms with Gasteiger partial charge in [-0.2, -0.15) is 4.72 Å². The fraction of sp³-hybridized carbons (Fsp3) is 0.393. The summed E-state index contributed by atoms with van der Waals surface area (Å²) in [4.78, 5) is 42.9. The first-order valence-electron chi connectivity index (χ1n) is 13.3. The highest BCUT2D eigenvalue weighted by molar-refractivity contribution is 7.89. The average molecular weight is 656 g/mol. The number of halogens is 2. The number of nitrogens with zero attached hydrogens (tertiary/aromatic N) is 2. The molecule has 1 fully saturated rings. The van der Waals surface area contributed by atoms with Crippen molar-refractivity contribution in [3.8, 4) is 0 Å². The number of sulfonamides is 1. The van der Waals surface area contributed by atoms with Crippen molar-refractivity contribution in [1.29, 1.82) is 0 Å². The lowest BCUT2D eigenvalue weighted by molar-refractivity contribution is -0.142. The Bertz CT molecular complexity index is 1540. The van der Waals surface area contributed by atoms with Crippen LogP contribution in [0.15, 0.2) is 53.4 Å². The predicted octanol–water partition coefficient (Wildman–Crippen LogP) is 3.36. The van der Waals surface area contributed by atoms with Crippen molar-refractivity contribution in [2.45, 2.75) is 37.2 Å². The van der Waals surface area contributed by atoms with Crippen molar-refractivity contribution in [3.05, 3.63) is 63.5 Å². The Labute approximate surface area is 258 Å². The van der Waals surface area contributed by atoms with Crippen LogP contribution < -0.4 is 10.0 Å². The summed E-state index contributed by atoms with van der Waals surface area (Å²) in [6.07, 6.45) is 0.441. The molecular formula is C28H32Cl2N4O6S2. The van der Waals surface area contributed by atoms with Gasteiger partial charge in [-0.15, -0.1) is 11.3 Å². The highest BCUT2D eigenvalue weighted by Gasteiger charge is 2.34.